The van der Waals surface area contributed by atoms with Gasteiger partial charge in [0.2, 0.25) is 5.82 Å². The number of hydrogen-bond acceptors (Lipinski definition) is 4. The van der Waals surface area contributed by atoms with E-state index in [4.69, 9.17) is 0 Å². The van der Waals surface area contributed by atoms with E-state index in [-0.39, 0.29) is 11.7 Å². The molecule has 1 unspecified atom stereocenters. The van der Waals surface area contributed by atoms with Crippen LogP contribution in [0, 0.1) is 0 Å². The van der Waals surface area contributed by atoms with Gasteiger partial charge in [0.1, 0.15) is 5.82 Å². The monoisotopic (exact) mass is 237 g/mol. The Morgan fingerprint density at radius 2 is 2.47 bits per heavy atom. The second kappa shape index (κ2) is 5.77. The Balaban J connectivity index is 1.81. The summed E-state index contributed by atoms with van der Waals surface area (Å²) >= 11 is 0. The largest absolute Gasteiger partial charge is 0.348 e. The van der Waals surface area contributed by atoms with Gasteiger partial charge in [0.05, 0.1) is 0 Å². The topological polar surface area (TPSA) is 82.7 Å². The fraction of sp³-hybridized carbons (Fsp3) is 0.727. The smallest absolute Gasteiger partial charge is 0.291 e. The molecule has 2 rings (SSSR count). The lowest BCUT2D eigenvalue weighted by molar-refractivity contribution is 0.0940. The van der Waals surface area contributed by atoms with Crippen LogP contribution in [0.1, 0.15) is 42.6 Å². The lowest BCUT2D eigenvalue weighted by atomic mass is 10.2. The van der Waals surface area contributed by atoms with Crippen LogP contribution in [0.15, 0.2) is 0 Å². The zero-order chi connectivity index (χ0) is 12.1. The maximum Gasteiger partial charge on any atom is 0.291 e. The molecular formula is C11H19N5O. The molecule has 0 aliphatic carbocycles. The molecule has 2 heterocycles. The fourth-order valence-corrected chi connectivity index (χ4v) is 1.97. The van der Waals surface area contributed by atoms with Crippen LogP contribution in [0.2, 0.25) is 0 Å². The first-order valence-corrected chi connectivity index (χ1v) is 6.22. The number of nitrogens with zero attached hydrogens (tertiary/aromatic N) is 2. The molecule has 1 saturated heterocycles. The SMILES string of the molecule is CCCc1nc(C(=O)NCC2CCCN2)n[nH]1. The van der Waals surface area contributed by atoms with Crippen molar-refractivity contribution in [3.8, 4) is 0 Å². The van der Waals surface area contributed by atoms with Gasteiger partial charge < -0.3 is 10.6 Å². The quantitative estimate of drug-likeness (QED) is 0.685. The molecule has 0 bridgehead atoms. The minimum atomic E-state index is -0.197. The minimum absolute atomic E-state index is 0.197. The zero-order valence-corrected chi connectivity index (χ0v) is 10.1. The highest BCUT2D eigenvalue weighted by Gasteiger charge is 2.17. The molecule has 0 spiro atoms. The maximum absolute atomic E-state index is 11.7. The van der Waals surface area contributed by atoms with Crippen LogP contribution >= 0.6 is 0 Å². The number of nitrogens with one attached hydrogen (secondary N) is 3. The van der Waals surface area contributed by atoms with Crippen LogP contribution in [0.4, 0.5) is 0 Å². The van der Waals surface area contributed by atoms with E-state index >= 15 is 0 Å². The Kier molecular flexibility index (Phi) is 4.08. The van der Waals surface area contributed by atoms with E-state index in [0.717, 1.165) is 31.6 Å². The summed E-state index contributed by atoms with van der Waals surface area (Å²) in [5, 5.41) is 12.9. The molecule has 1 amide bonds. The van der Waals surface area contributed by atoms with Crippen molar-refractivity contribution < 1.29 is 4.79 Å². The van der Waals surface area contributed by atoms with E-state index in [1.807, 2.05) is 0 Å². The molecular weight excluding hydrogens is 218 g/mol. The summed E-state index contributed by atoms with van der Waals surface area (Å²) in [7, 11) is 0. The van der Waals surface area contributed by atoms with Crippen LogP contribution in [0.3, 0.4) is 0 Å². The van der Waals surface area contributed by atoms with Crippen molar-refractivity contribution in [2.45, 2.75) is 38.6 Å². The van der Waals surface area contributed by atoms with Gasteiger partial charge in [0.15, 0.2) is 0 Å². The van der Waals surface area contributed by atoms with Crippen molar-refractivity contribution in [1.29, 1.82) is 0 Å². The third-order valence-electron chi connectivity index (χ3n) is 2.89. The van der Waals surface area contributed by atoms with Gasteiger partial charge in [-0.25, -0.2) is 4.98 Å². The highest BCUT2D eigenvalue weighted by molar-refractivity contribution is 5.90. The molecule has 1 aromatic heterocycles. The molecule has 0 radical (unpaired) electrons. The predicted molar refractivity (Wildman–Crippen MR) is 63.7 cm³/mol. The zero-order valence-electron chi connectivity index (χ0n) is 10.1. The molecule has 17 heavy (non-hydrogen) atoms. The number of rotatable bonds is 5. The van der Waals surface area contributed by atoms with E-state index in [1.54, 1.807) is 0 Å². The summed E-state index contributed by atoms with van der Waals surface area (Å²) in [5.41, 5.74) is 0. The molecule has 1 aliphatic heterocycles. The van der Waals surface area contributed by atoms with Crippen molar-refractivity contribution in [2.75, 3.05) is 13.1 Å². The number of amides is 1. The predicted octanol–water partition coefficient (Wildman–Crippen LogP) is 0.239. The normalized spacial score (nSPS) is 19.5. The fourth-order valence-electron chi connectivity index (χ4n) is 1.97. The van der Waals surface area contributed by atoms with Crippen LogP contribution < -0.4 is 10.6 Å². The first kappa shape index (κ1) is 12.0. The second-order valence-corrected chi connectivity index (χ2v) is 4.36. The Bertz CT molecular complexity index is 370. The Morgan fingerprint density at radius 3 is 3.18 bits per heavy atom. The Morgan fingerprint density at radius 1 is 1.59 bits per heavy atom. The average molecular weight is 237 g/mol. The number of hydrogen-bond donors (Lipinski definition) is 3. The molecule has 6 heteroatoms. The summed E-state index contributed by atoms with van der Waals surface area (Å²) in [4.78, 5) is 15.9. The molecule has 1 fully saturated rings. The second-order valence-electron chi connectivity index (χ2n) is 4.36. The molecule has 3 N–H and O–H groups in total. The number of aromatic amines is 1. The van der Waals surface area contributed by atoms with Crippen LogP contribution in [-0.2, 0) is 6.42 Å². The lowest BCUT2D eigenvalue weighted by Gasteiger charge is -2.09. The van der Waals surface area contributed by atoms with Gasteiger partial charge >= 0.3 is 0 Å². The van der Waals surface area contributed by atoms with Gasteiger partial charge in [-0.15, -0.1) is 5.10 Å². The van der Waals surface area contributed by atoms with Gasteiger partial charge in [-0.05, 0) is 25.8 Å². The van der Waals surface area contributed by atoms with E-state index in [1.165, 1.54) is 6.42 Å². The third kappa shape index (κ3) is 3.26. The van der Waals surface area contributed by atoms with Crippen molar-refractivity contribution in [2.24, 2.45) is 0 Å². The summed E-state index contributed by atoms with van der Waals surface area (Å²) in [5.74, 6) is 0.820. The molecule has 1 aliphatic rings. The van der Waals surface area contributed by atoms with Gasteiger partial charge in [0, 0.05) is 19.0 Å². The number of aromatic nitrogens is 3. The Labute approximate surface area is 101 Å². The lowest BCUT2D eigenvalue weighted by Crippen LogP contribution is -2.37. The van der Waals surface area contributed by atoms with Crippen LogP contribution in [0.25, 0.3) is 0 Å². The number of carbonyl (C=O) groups excluding carboxylic acids is 1. The number of carbonyl (C=O) groups is 1. The summed E-state index contributed by atoms with van der Waals surface area (Å²) in [6.07, 6.45) is 4.11. The van der Waals surface area contributed by atoms with E-state index < -0.39 is 0 Å². The van der Waals surface area contributed by atoms with E-state index in [0.29, 0.717) is 12.6 Å². The molecule has 1 aromatic rings. The van der Waals surface area contributed by atoms with E-state index in [2.05, 4.69) is 32.7 Å². The van der Waals surface area contributed by atoms with Crippen molar-refractivity contribution in [3.05, 3.63) is 11.6 Å². The third-order valence-corrected chi connectivity index (χ3v) is 2.89. The highest BCUT2D eigenvalue weighted by atomic mass is 16.2. The van der Waals surface area contributed by atoms with Gasteiger partial charge in [-0.1, -0.05) is 6.92 Å². The Hall–Kier alpha value is -1.43. The summed E-state index contributed by atoms with van der Waals surface area (Å²) in [6.45, 7) is 3.76. The maximum atomic E-state index is 11.7. The standard InChI is InChI=1S/C11H19N5O/c1-2-4-9-14-10(16-15-9)11(17)13-7-8-5-3-6-12-8/h8,12H,2-7H2,1H3,(H,13,17)(H,14,15,16). The molecule has 94 valence electrons. The van der Waals surface area contributed by atoms with Gasteiger partial charge in [0.25, 0.3) is 5.91 Å². The minimum Gasteiger partial charge on any atom is -0.348 e. The van der Waals surface area contributed by atoms with Crippen molar-refractivity contribution in [1.82, 2.24) is 25.8 Å². The number of H-pyrrole nitrogens is 1. The van der Waals surface area contributed by atoms with Gasteiger partial charge in [-0.3, -0.25) is 9.89 Å². The number of aryl methyl sites for hydroxylation is 1. The van der Waals surface area contributed by atoms with Crippen LogP contribution in [-0.4, -0.2) is 40.2 Å². The van der Waals surface area contributed by atoms with Crippen molar-refractivity contribution in [3.63, 3.8) is 0 Å². The first-order valence-electron chi connectivity index (χ1n) is 6.22. The molecule has 1 atom stereocenters. The summed E-state index contributed by atoms with van der Waals surface area (Å²) < 4.78 is 0. The van der Waals surface area contributed by atoms with Crippen LogP contribution in [0.5, 0.6) is 0 Å². The summed E-state index contributed by atoms with van der Waals surface area (Å²) in [6, 6.07) is 0.396. The van der Waals surface area contributed by atoms with Crippen molar-refractivity contribution >= 4 is 5.91 Å². The highest BCUT2D eigenvalue weighted by Crippen LogP contribution is 2.03. The van der Waals surface area contributed by atoms with E-state index in [9.17, 15) is 4.79 Å². The van der Waals surface area contributed by atoms with Gasteiger partial charge in [-0.2, -0.15) is 0 Å². The molecule has 0 saturated carbocycles. The average Bonchev–Trinajstić information content (AvgIpc) is 2.97. The molecule has 0 aromatic carbocycles. The molecule has 6 nitrogen and oxygen atoms in total. The first-order chi connectivity index (χ1) is 8.29.